The van der Waals surface area contributed by atoms with E-state index < -0.39 is 5.97 Å². The maximum absolute atomic E-state index is 11.9. The number of hydrogen-bond acceptors (Lipinski definition) is 6. The molecule has 0 aliphatic rings. The number of rotatable bonds is 5. The third-order valence-electron chi connectivity index (χ3n) is 2.42. The van der Waals surface area contributed by atoms with Crippen LogP contribution in [0.25, 0.3) is 0 Å². The van der Waals surface area contributed by atoms with Crippen molar-refractivity contribution in [3.63, 3.8) is 0 Å². The summed E-state index contributed by atoms with van der Waals surface area (Å²) in [5, 5.41) is 21.2. The van der Waals surface area contributed by atoms with Crippen LogP contribution in [0.3, 0.4) is 0 Å². The fourth-order valence-electron chi connectivity index (χ4n) is 1.39. The number of carbonyl (C=O) groups excluding carboxylic acids is 1. The zero-order valence-corrected chi connectivity index (χ0v) is 12.5. The van der Waals surface area contributed by atoms with Crippen LogP contribution in [0.4, 0.5) is 0 Å². The van der Waals surface area contributed by atoms with Crippen LogP contribution in [0.1, 0.15) is 49.1 Å². The van der Waals surface area contributed by atoms with E-state index in [1.807, 2.05) is 13.8 Å². The van der Waals surface area contributed by atoms with Crippen molar-refractivity contribution in [1.29, 1.82) is 0 Å². The van der Waals surface area contributed by atoms with Crippen molar-refractivity contribution in [2.24, 2.45) is 0 Å². The van der Waals surface area contributed by atoms with Gasteiger partial charge in [-0.25, -0.2) is 4.79 Å². The molecule has 1 amide bonds. The maximum atomic E-state index is 11.9. The molecule has 2 heterocycles. The van der Waals surface area contributed by atoms with Crippen molar-refractivity contribution in [3.8, 4) is 0 Å². The Morgan fingerprint density at radius 2 is 1.95 bits per heavy atom. The van der Waals surface area contributed by atoms with E-state index in [-0.39, 0.29) is 10.8 Å². The summed E-state index contributed by atoms with van der Waals surface area (Å²) in [6.45, 7) is 4.35. The number of carboxylic acids is 1. The number of amides is 1. The summed E-state index contributed by atoms with van der Waals surface area (Å²) in [7, 11) is 0. The van der Waals surface area contributed by atoms with E-state index in [0.717, 1.165) is 21.4 Å². The Labute approximate surface area is 123 Å². The van der Waals surface area contributed by atoms with Crippen molar-refractivity contribution in [2.75, 3.05) is 0 Å². The van der Waals surface area contributed by atoms with E-state index >= 15 is 0 Å². The number of aromatic carboxylic acids is 1. The Morgan fingerprint density at radius 3 is 2.50 bits per heavy atom. The highest BCUT2D eigenvalue weighted by Crippen LogP contribution is 2.19. The van der Waals surface area contributed by atoms with Gasteiger partial charge < -0.3 is 10.4 Å². The second kappa shape index (κ2) is 6.10. The summed E-state index contributed by atoms with van der Waals surface area (Å²) in [5.41, 5.74) is 0. The van der Waals surface area contributed by atoms with Gasteiger partial charge in [-0.15, -0.1) is 21.5 Å². The van der Waals surface area contributed by atoms with Gasteiger partial charge in [0.25, 0.3) is 5.91 Å². The number of hydrogen-bond donors (Lipinski definition) is 2. The zero-order valence-electron chi connectivity index (χ0n) is 10.9. The molecule has 20 heavy (non-hydrogen) atoms. The Bertz CT molecular complexity index is 633. The number of carboxylic acid groups (broad SMARTS) is 1. The summed E-state index contributed by atoms with van der Waals surface area (Å²) in [5.74, 6) is -1.02. The van der Waals surface area contributed by atoms with Gasteiger partial charge in [0.1, 0.15) is 14.9 Å². The van der Waals surface area contributed by atoms with Crippen LogP contribution in [-0.4, -0.2) is 27.2 Å². The molecule has 0 aromatic carbocycles. The standard InChI is InChI=1S/C12H13N3O3S2/c1-6(2)11-15-14-9(20-11)5-13-10(16)7-3-4-8(19-7)12(17)18/h3-4,6H,5H2,1-2H3,(H,13,16)(H,17,18). The fourth-order valence-corrected chi connectivity index (χ4v) is 2.94. The highest BCUT2D eigenvalue weighted by Gasteiger charge is 2.14. The van der Waals surface area contributed by atoms with Crippen LogP contribution in [0.5, 0.6) is 0 Å². The summed E-state index contributed by atoms with van der Waals surface area (Å²) in [4.78, 5) is 23.1. The van der Waals surface area contributed by atoms with Crippen LogP contribution >= 0.6 is 22.7 Å². The Hall–Kier alpha value is -1.80. The zero-order chi connectivity index (χ0) is 14.7. The molecule has 106 valence electrons. The molecule has 0 saturated heterocycles. The molecule has 0 unspecified atom stereocenters. The minimum Gasteiger partial charge on any atom is -0.477 e. The average Bonchev–Trinajstić information content (AvgIpc) is 3.05. The molecule has 0 aliphatic heterocycles. The van der Waals surface area contributed by atoms with Crippen LogP contribution in [-0.2, 0) is 6.54 Å². The van der Waals surface area contributed by atoms with Gasteiger partial charge in [-0.3, -0.25) is 4.79 Å². The predicted octanol–water partition coefficient (Wildman–Crippen LogP) is 2.35. The first kappa shape index (κ1) is 14.6. The molecular formula is C12H13N3O3S2. The molecule has 2 rings (SSSR count). The normalized spacial score (nSPS) is 10.8. The highest BCUT2D eigenvalue weighted by molar-refractivity contribution is 7.15. The smallest absolute Gasteiger partial charge is 0.345 e. The van der Waals surface area contributed by atoms with E-state index in [2.05, 4.69) is 15.5 Å². The molecule has 8 heteroatoms. The first-order chi connectivity index (χ1) is 9.47. The molecule has 0 atom stereocenters. The number of thiophene rings is 1. The Morgan fingerprint density at radius 1 is 1.25 bits per heavy atom. The minimum absolute atomic E-state index is 0.146. The van der Waals surface area contributed by atoms with Crippen molar-refractivity contribution in [2.45, 2.75) is 26.3 Å². The molecule has 0 saturated carbocycles. The predicted molar refractivity (Wildman–Crippen MR) is 76.4 cm³/mol. The quantitative estimate of drug-likeness (QED) is 0.884. The molecule has 0 spiro atoms. The number of aromatic nitrogens is 2. The van der Waals surface area contributed by atoms with Gasteiger partial charge in [-0.05, 0) is 12.1 Å². The van der Waals surface area contributed by atoms with Gasteiger partial charge in [-0.2, -0.15) is 0 Å². The molecular weight excluding hydrogens is 298 g/mol. The number of nitrogens with zero attached hydrogens (tertiary/aromatic N) is 2. The average molecular weight is 311 g/mol. The molecule has 0 bridgehead atoms. The summed E-state index contributed by atoms with van der Waals surface area (Å²) >= 11 is 2.41. The van der Waals surface area contributed by atoms with E-state index in [9.17, 15) is 9.59 Å². The SMILES string of the molecule is CC(C)c1nnc(CNC(=O)c2ccc(C(=O)O)s2)s1. The van der Waals surface area contributed by atoms with Gasteiger partial charge in [0.2, 0.25) is 0 Å². The Balaban J connectivity index is 1.95. The lowest BCUT2D eigenvalue weighted by atomic mass is 10.2. The maximum Gasteiger partial charge on any atom is 0.345 e. The van der Waals surface area contributed by atoms with Gasteiger partial charge >= 0.3 is 5.97 Å². The van der Waals surface area contributed by atoms with E-state index in [0.29, 0.717) is 17.3 Å². The van der Waals surface area contributed by atoms with Crippen molar-refractivity contribution in [3.05, 3.63) is 31.9 Å². The number of nitrogens with one attached hydrogen (secondary N) is 1. The van der Waals surface area contributed by atoms with E-state index in [1.54, 1.807) is 0 Å². The summed E-state index contributed by atoms with van der Waals surface area (Å²) in [6, 6.07) is 2.92. The second-order valence-corrected chi connectivity index (χ2v) is 6.52. The largest absolute Gasteiger partial charge is 0.477 e. The highest BCUT2D eigenvalue weighted by atomic mass is 32.1. The van der Waals surface area contributed by atoms with Crippen molar-refractivity contribution < 1.29 is 14.7 Å². The summed E-state index contributed by atoms with van der Waals surface area (Å²) < 4.78 is 0. The van der Waals surface area contributed by atoms with Crippen LogP contribution in [0, 0.1) is 0 Å². The lowest BCUT2D eigenvalue weighted by Crippen LogP contribution is -2.21. The van der Waals surface area contributed by atoms with Gasteiger partial charge in [-0.1, -0.05) is 25.2 Å². The molecule has 2 aromatic heterocycles. The first-order valence-corrected chi connectivity index (χ1v) is 7.54. The first-order valence-electron chi connectivity index (χ1n) is 5.91. The molecule has 0 radical (unpaired) electrons. The van der Waals surface area contributed by atoms with Gasteiger partial charge in [0.15, 0.2) is 0 Å². The van der Waals surface area contributed by atoms with Crippen molar-refractivity contribution >= 4 is 34.6 Å². The minimum atomic E-state index is -1.03. The van der Waals surface area contributed by atoms with Crippen LogP contribution in [0.15, 0.2) is 12.1 Å². The third-order valence-corrected chi connectivity index (χ3v) is 4.71. The molecule has 6 nitrogen and oxygen atoms in total. The van der Waals surface area contributed by atoms with Crippen molar-refractivity contribution in [1.82, 2.24) is 15.5 Å². The lowest BCUT2D eigenvalue weighted by Gasteiger charge is -1.99. The summed E-state index contributed by atoms with van der Waals surface area (Å²) in [6.07, 6.45) is 0. The lowest BCUT2D eigenvalue weighted by molar-refractivity contribution is 0.0702. The van der Waals surface area contributed by atoms with E-state index in [1.165, 1.54) is 23.5 Å². The van der Waals surface area contributed by atoms with E-state index in [4.69, 9.17) is 5.11 Å². The van der Waals surface area contributed by atoms with Crippen LogP contribution < -0.4 is 5.32 Å². The fraction of sp³-hybridized carbons (Fsp3) is 0.333. The number of carbonyl (C=O) groups is 2. The third kappa shape index (κ3) is 3.40. The Kier molecular flexibility index (Phi) is 4.46. The molecule has 0 fully saturated rings. The second-order valence-electron chi connectivity index (χ2n) is 4.34. The van der Waals surface area contributed by atoms with Crippen LogP contribution in [0.2, 0.25) is 0 Å². The van der Waals surface area contributed by atoms with Gasteiger partial charge in [0, 0.05) is 5.92 Å². The molecule has 0 aliphatic carbocycles. The molecule has 2 aromatic rings. The topological polar surface area (TPSA) is 92.2 Å². The molecule has 2 N–H and O–H groups in total. The van der Waals surface area contributed by atoms with Gasteiger partial charge in [0.05, 0.1) is 11.4 Å². The monoisotopic (exact) mass is 311 g/mol.